The highest BCUT2D eigenvalue weighted by Crippen LogP contribution is 2.50. The smallest absolute Gasteiger partial charge is 0.290 e. The highest BCUT2D eigenvalue weighted by atomic mass is 35.5. The molecule has 2 unspecified atom stereocenters. The molecule has 1 aliphatic carbocycles. The molecule has 0 aromatic carbocycles. The summed E-state index contributed by atoms with van der Waals surface area (Å²) in [6.07, 6.45) is 0.536. The molecule has 54 valence electrons. The van der Waals surface area contributed by atoms with Crippen LogP contribution >= 0.6 is 11.6 Å². The van der Waals surface area contributed by atoms with Crippen molar-refractivity contribution in [1.29, 1.82) is 0 Å². The molecular weight excluding hydrogens is 147 g/mol. The molecule has 0 aliphatic heterocycles. The van der Waals surface area contributed by atoms with E-state index in [4.69, 9.17) is 21.5 Å². The van der Waals surface area contributed by atoms with Crippen LogP contribution in [0.1, 0.15) is 13.3 Å². The minimum Gasteiger partial charge on any atom is -0.483 e. The minimum absolute atomic E-state index is 0.0965. The van der Waals surface area contributed by atoms with Crippen LogP contribution in [-0.4, -0.2) is 16.7 Å². The molecule has 0 amide bonds. The average molecular weight is 155 g/mol. The monoisotopic (exact) mass is 154 g/mol. The first-order valence-corrected chi connectivity index (χ1v) is 2.88. The largest absolute Gasteiger partial charge is 0.483 e. The second kappa shape index (κ2) is 3.01. The summed E-state index contributed by atoms with van der Waals surface area (Å²) in [7, 11) is 0. The maximum absolute atomic E-state index is 12.0. The summed E-state index contributed by atoms with van der Waals surface area (Å²) in [4.78, 5) is 8.36. The van der Waals surface area contributed by atoms with Crippen LogP contribution in [0.4, 0.5) is 4.39 Å². The highest BCUT2D eigenvalue weighted by molar-refractivity contribution is 6.24. The zero-order valence-corrected chi connectivity index (χ0v) is 5.73. The van der Waals surface area contributed by atoms with Gasteiger partial charge in [-0.05, 0) is 0 Å². The number of hydrogen-bond donors (Lipinski definition) is 1. The third-order valence-corrected chi connectivity index (χ3v) is 1.67. The Hall–Kier alpha value is -0.310. The van der Waals surface area contributed by atoms with E-state index in [9.17, 15) is 4.39 Å². The topological polar surface area (TPSA) is 37.3 Å². The Morgan fingerprint density at radius 1 is 2.00 bits per heavy atom. The van der Waals surface area contributed by atoms with Gasteiger partial charge in [-0.3, -0.25) is 4.79 Å². The third kappa shape index (κ3) is 3.30. The van der Waals surface area contributed by atoms with E-state index in [2.05, 4.69) is 0 Å². The standard InChI is InChI=1S/C4H6ClF.CH2O2/c1-3-2-4(3,5)6;2-1-3/h3H,2H2,1H3;1H,(H,2,3). The summed E-state index contributed by atoms with van der Waals surface area (Å²) in [5.74, 6) is 0.0965. The van der Waals surface area contributed by atoms with E-state index in [-0.39, 0.29) is 12.4 Å². The van der Waals surface area contributed by atoms with Gasteiger partial charge in [-0.15, -0.1) is 0 Å². The Labute approximate surface area is 57.6 Å². The Morgan fingerprint density at radius 2 is 2.11 bits per heavy atom. The van der Waals surface area contributed by atoms with Crippen molar-refractivity contribution in [3.8, 4) is 0 Å². The molecule has 0 aromatic rings. The summed E-state index contributed by atoms with van der Waals surface area (Å²) >= 11 is 5.12. The zero-order valence-electron chi connectivity index (χ0n) is 4.97. The Morgan fingerprint density at radius 3 is 2.11 bits per heavy atom. The second-order valence-corrected chi connectivity index (χ2v) is 2.60. The molecule has 0 aromatic heterocycles. The third-order valence-electron chi connectivity index (χ3n) is 1.14. The van der Waals surface area contributed by atoms with Gasteiger partial charge in [0, 0.05) is 12.3 Å². The Kier molecular flexibility index (Phi) is 2.91. The van der Waals surface area contributed by atoms with Gasteiger partial charge >= 0.3 is 0 Å². The molecule has 0 saturated heterocycles. The number of alkyl halides is 2. The van der Waals surface area contributed by atoms with Gasteiger partial charge in [0.05, 0.1) is 0 Å². The van der Waals surface area contributed by atoms with E-state index in [0.29, 0.717) is 6.42 Å². The molecular formula is C5H8ClFO2. The zero-order chi connectivity index (χ0) is 7.49. The van der Waals surface area contributed by atoms with Crippen molar-refractivity contribution < 1.29 is 14.3 Å². The number of carbonyl (C=O) groups is 1. The fourth-order valence-electron chi connectivity index (χ4n) is 0.349. The number of rotatable bonds is 0. The molecule has 1 rings (SSSR count). The van der Waals surface area contributed by atoms with E-state index in [1.165, 1.54) is 0 Å². The summed E-state index contributed by atoms with van der Waals surface area (Å²) in [6, 6.07) is 0. The van der Waals surface area contributed by atoms with E-state index in [1.54, 1.807) is 6.92 Å². The summed E-state index contributed by atoms with van der Waals surface area (Å²) in [5.41, 5.74) is 0. The van der Waals surface area contributed by atoms with Crippen molar-refractivity contribution in [3.63, 3.8) is 0 Å². The minimum atomic E-state index is -1.32. The second-order valence-electron chi connectivity index (χ2n) is 1.97. The maximum atomic E-state index is 12.0. The summed E-state index contributed by atoms with van der Waals surface area (Å²) in [6.45, 7) is 1.55. The lowest BCUT2D eigenvalue weighted by molar-refractivity contribution is -0.122. The van der Waals surface area contributed by atoms with Crippen LogP contribution in [0.2, 0.25) is 0 Å². The molecule has 1 saturated carbocycles. The first-order valence-electron chi connectivity index (χ1n) is 2.50. The van der Waals surface area contributed by atoms with Crippen molar-refractivity contribution >= 4 is 18.1 Å². The molecule has 0 radical (unpaired) electrons. The SMILES string of the molecule is CC1CC1(F)Cl.O=CO. The molecule has 0 bridgehead atoms. The van der Waals surface area contributed by atoms with Crippen LogP contribution in [0.25, 0.3) is 0 Å². The van der Waals surface area contributed by atoms with Crippen molar-refractivity contribution in [2.75, 3.05) is 0 Å². The summed E-state index contributed by atoms with van der Waals surface area (Å²) in [5, 5.41) is 5.57. The Balaban J connectivity index is 0.000000187. The van der Waals surface area contributed by atoms with Gasteiger partial charge in [0.25, 0.3) is 6.47 Å². The molecule has 4 heteroatoms. The predicted octanol–water partition coefficient (Wildman–Crippen LogP) is 1.63. The molecule has 1 N–H and O–H groups in total. The number of halogens is 2. The van der Waals surface area contributed by atoms with Gasteiger partial charge in [0.15, 0.2) is 5.13 Å². The number of carboxylic acid groups (broad SMARTS) is 1. The van der Waals surface area contributed by atoms with Crippen LogP contribution in [-0.2, 0) is 4.79 Å². The van der Waals surface area contributed by atoms with Gasteiger partial charge in [0.2, 0.25) is 0 Å². The molecule has 0 spiro atoms. The fourth-order valence-corrected chi connectivity index (χ4v) is 0.581. The first-order chi connectivity index (χ1) is 4.04. The van der Waals surface area contributed by atoms with Gasteiger partial charge in [-0.25, -0.2) is 4.39 Å². The van der Waals surface area contributed by atoms with Gasteiger partial charge < -0.3 is 5.11 Å². The van der Waals surface area contributed by atoms with E-state index < -0.39 is 5.13 Å². The van der Waals surface area contributed by atoms with Crippen molar-refractivity contribution in [3.05, 3.63) is 0 Å². The van der Waals surface area contributed by atoms with Gasteiger partial charge in [-0.2, -0.15) is 0 Å². The molecule has 2 nitrogen and oxygen atoms in total. The van der Waals surface area contributed by atoms with E-state index >= 15 is 0 Å². The van der Waals surface area contributed by atoms with Gasteiger partial charge in [0.1, 0.15) is 0 Å². The Bertz CT molecular complexity index is 105. The molecule has 2 atom stereocenters. The molecule has 1 aliphatic rings. The highest BCUT2D eigenvalue weighted by Gasteiger charge is 2.50. The van der Waals surface area contributed by atoms with Crippen LogP contribution in [0, 0.1) is 5.92 Å². The van der Waals surface area contributed by atoms with Crippen LogP contribution in [0.5, 0.6) is 0 Å². The van der Waals surface area contributed by atoms with E-state index in [1.807, 2.05) is 0 Å². The van der Waals surface area contributed by atoms with Crippen molar-refractivity contribution in [2.24, 2.45) is 5.92 Å². The number of hydrogen-bond acceptors (Lipinski definition) is 1. The lowest BCUT2D eigenvalue weighted by atomic mass is 10.5. The normalized spacial score (nSPS) is 38.3. The van der Waals surface area contributed by atoms with Crippen LogP contribution < -0.4 is 0 Å². The maximum Gasteiger partial charge on any atom is 0.290 e. The first kappa shape index (κ1) is 8.69. The van der Waals surface area contributed by atoms with Gasteiger partial charge in [-0.1, -0.05) is 18.5 Å². The predicted molar refractivity (Wildman–Crippen MR) is 32.2 cm³/mol. The lowest BCUT2D eigenvalue weighted by Crippen LogP contribution is -1.84. The molecule has 0 heterocycles. The lowest BCUT2D eigenvalue weighted by Gasteiger charge is -1.83. The van der Waals surface area contributed by atoms with Crippen LogP contribution in [0.3, 0.4) is 0 Å². The average Bonchev–Trinajstić information content (AvgIpc) is 2.14. The van der Waals surface area contributed by atoms with Crippen molar-refractivity contribution in [2.45, 2.75) is 18.5 Å². The quantitative estimate of drug-likeness (QED) is 0.425. The van der Waals surface area contributed by atoms with Crippen LogP contribution in [0.15, 0.2) is 0 Å². The summed E-state index contributed by atoms with van der Waals surface area (Å²) < 4.78 is 12.0. The van der Waals surface area contributed by atoms with E-state index in [0.717, 1.165) is 0 Å². The molecule has 1 fully saturated rings. The van der Waals surface area contributed by atoms with Crippen molar-refractivity contribution in [1.82, 2.24) is 0 Å². The molecule has 9 heavy (non-hydrogen) atoms. The fraction of sp³-hybridized carbons (Fsp3) is 0.800.